The maximum Gasteiger partial charge on any atom is 0.150 e. The standard InChI is InChI=1S/C12H15NO2/c14-9-10-3-5-11(6-4-10)13-7-1-2-12(15)8-13/h3-6,9,12,15H,1-2,7-8H2. The second-order valence-corrected chi connectivity index (χ2v) is 3.95. The number of hydrogen-bond donors (Lipinski definition) is 1. The van der Waals surface area contributed by atoms with Gasteiger partial charge in [-0.2, -0.15) is 0 Å². The van der Waals surface area contributed by atoms with Crippen LogP contribution in [0.5, 0.6) is 0 Å². The number of carbonyl (C=O) groups is 1. The van der Waals surface area contributed by atoms with Crippen LogP contribution in [-0.4, -0.2) is 30.6 Å². The number of hydrogen-bond acceptors (Lipinski definition) is 3. The fourth-order valence-corrected chi connectivity index (χ4v) is 1.95. The lowest BCUT2D eigenvalue weighted by molar-refractivity contribution is 0.112. The molecule has 1 aromatic rings. The highest BCUT2D eigenvalue weighted by Crippen LogP contribution is 2.19. The van der Waals surface area contributed by atoms with Crippen molar-refractivity contribution in [3.05, 3.63) is 29.8 Å². The van der Waals surface area contributed by atoms with Crippen LogP contribution in [-0.2, 0) is 0 Å². The number of anilines is 1. The lowest BCUT2D eigenvalue weighted by Crippen LogP contribution is -2.38. The molecule has 0 spiro atoms. The molecule has 1 aliphatic heterocycles. The minimum atomic E-state index is -0.218. The lowest BCUT2D eigenvalue weighted by atomic mass is 10.1. The average molecular weight is 205 g/mol. The molecule has 1 atom stereocenters. The zero-order valence-corrected chi connectivity index (χ0v) is 8.60. The van der Waals surface area contributed by atoms with Gasteiger partial charge >= 0.3 is 0 Å². The van der Waals surface area contributed by atoms with Gasteiger partial charge in [0.15, 0.2) is 0 Å². The Balaban J connectivity index is 2.11. The van der Waals surface area contributed by atoms with Gasteiger partial charge in [-0.25, -0.2) is 0 Å². The molecule has 1 unspecified atom stereocenters. The summed E-state index contributed by atoms with van der Waals surface area (Å²) >= 11 is 0. The molecule has 1 aliphatic rings. The van der Waals surface area contributed by atoms with Crippen LogP contribution < -0.4 is 4.90 Å². The van der Waals surface area contributed by atoms with E-state index in [9.17, 15) is 9.90 Å². The fourth-order valence-electron chi connectivity index (χ4n) is 1.95. The van der Waals surface area contributed by atoms with Gasteiger partial charge in [0, 0.05) is 24.3 Å². The highest BCUT2D eigenvalue weighted by Gasteiger charge is 2.17. The van der Waals surface area contributed by atoms with Crippen molar-refractivity contribution >= 4 is 12.0 Å². The molecule has 0 aliphatic carbocycles. The van der Waals surface area contributed by atoms with Gasteiger partial charge in [0.05, 0.1) is 6.10 Å². The molecule has 0 bridgehead atoms. The van der Waals surface area contributed by atoms with Crippen LogP contribution in [0.25, 0.3) is 0 Å². The molecule has 80 valence electrons. The summed E-state index contributed by atoms with van der Waals surface area (Å²) in [5.74, 6) is 0. The average Bonchev–Trinajstić information content (AvgIpc) is 2.29. The van der Waals surface area contributed by atoms with E-state index in [4.69, 9.17) is 0 Å². The zero-order valence-electron chi connectivity index (χ0n) is 8.60. The van der Waals surface area contributed by atoms with E-state index in [-0.39, 0.29) is 6.10 Å². The molecule has 3 heteroatoms. The van der Waals surface area contributed by atoms with E-state index in [1.807, 2.05) is 24.3 Å². The Hall–Kier alpha value is -1.35. The molecule has 0 amide bonds. The summed E-state index contributed by atoms with van der Waals surface area (Å²) in [7, 11) is 0. The first-order valence-corrected chi connectivity index (χ1v) is 5.28. The Morgan fingerprint density at radius 3 is 2.67 bits per heavy atom. The Bertz CT molecular complexity index is 334. The SMILES string of the molecule is O=Cc1ccc(N2CCCC(O)C2)cc1. The molecule has 3 nitrogen and oxygen atoms in total. The minimum Gasteiger partial charge on any atom is -0.391 e. The number of carbonyl (C=O) groups excluding carboxylic acids is 1. The Labute approximate surface area is 89.3 Å². The third-order valence-electron chi connectivity index (χ3n) is 2.79. The normalized spacial score (nSPS) is 21.4. The van der Waals surface area contributed by atoms with E-state index in [0.717, 1.165) is 31.4 Å². The number of benzene rings is 1. The van der Waals surface area contributed by atoms with Crippen molar-refractivity contribution in [3.63, 3.8) is 0 Å². The van der Waals surface area contributed by atoms with Crippen molar-refractivity contribution < 1.29 is 9.90 Å². The van der Waals surface area contributed by atoms with Gasteiger partial charge in [-0.3, -0.25) is 4.79 Å². The predicted molar refractivity (Wildman–Crippen MR) is 59.3 cm³/mol. The molecular weight excluding hydrogens is 190 g/mol. The predicted octanol–water partition coefficient (Wildman–Crippen LogP) is 1.46. The van der Waals surface area contributed by atoms with Crippen molar-refractivity contribution in [2.75, 3.05) is 18.0 Å². The van der Waals surface area contributed by atoms with E-state index < -0.39 is 0 Å². The van der Waals surface area contributed by atoms with Gasteiger partial charge in [-0.15, -0.1) is 0 Å². The molecule has 0 saturated carbocycles. The van der Waals surface area contributed by atoms with Crippen molar-refractivity contribution in [1.82, 2.24) is 0 Å². The van der Waals surface area contributed by atoms with Crippen molar-refractivity contribution in [3.8, 4) is 0 Å². The van der Waals surface area contributed by atoms with Crippen LogP contribution in [0.2, 0.25) is 0 Å². The Morgan fingerprint density at radius 2 is 2.07 bits per heavy atom. The molecule has 1 aromatic carbocycles. The van der Waals surface area contributed by atoms with Gasteiger partial charge in [-0.05, 0) is 37.1 Å². The summed E-state index contributed by atoms with van der Waals surface area (Å²) in [6.07, 6.45) is 2.54. The topological polar surface area (TPSA) is 40.5 Å². The second-order valence-electron chi connectivity index (χ2n) is 3.95. The summed E-state index contributed by atoms with van der Waals surface area (Å²) in [5, 5.41) is 9.54. The number of piperidine rings is 1. The van der Waals surface area contributed by atoms with Crippen LogP contribution in [0.3, 0.4) is 0 Å². The van der Waals surface area contributed by atoms with Crippen LogP contribution in [0.15, 0.2) is 24.3 Å². The molecule has 0 aromatic heterocycles. The molecule has 2 rings (SSSR count). The number of rotatable bonds is 2. The molecule has 1 saturated heterocycles. The monoisotopic (exact) mass is 205 g/mol. The smallest absolute Gasteiger partial charge is 0.150 e. The molecule has 0 radical (unpaired) electrons. The molecule has 1 heterocycles. The quantitative estimate of drug-likeness (QED) is 0.743. The summed E-state index contributed by atoms with van der Waals surface area (Å²) in [5.41, 5.74) is 1.77. The first-order chi connectivity index (χ1) is 7.29. The fraction of sp³-hybridized carbons (Fsp3) is 0.417. The van der Waals surface area contributed by atoms with Crippen LogP contribution >= 0.6 is 0 Å². The van der Waals surface area contributed by atoms with Gasteiger partial charge in [0.25, 0.3) is 0 Å². The zero-order chi connectivity index (χ0) is 10.7. The Kier molecular flexibility index (Phi) is 3.02. The molecule has 1 N–H and O–H groups in total. The third kappa shape index (κ3) is 2.36. The molecular formula is C12H15NO2. The van der Waals surface area contributed by atoms with E-state index in [2.05, 4.69) is 4.90 Å². The van der Waals surface area contributed by atoms with E-state index >= 15 is 0 Å². The first-order valence-electron chi connectivity index (χ1n) is 5.28. The van der Waals surface area contributed by atoms with Gasteiger partial charge in [0.1, 0.15) is 6.29 Å². The van der Waals surface area contributed by atoms with E-state index in [0.29, 0.717) is 12.1 Å². The van der Waals surface area contributed by atoms with E-state index in [1.165, 1.54) is 0 Å². The number of aldehydes is 1. The minimum absolute atomic E-state index is 0.218. The number of aliphatic hydroxyl groups is 1. The molecule has 15 heavy (non-hydrogen) atoms. The van der Waals surface area contributed by atoms with Crippen molar-refractivity contribution in [1.29, 1.82) is 0 Å². The number of aliphatic hydroxyl groups excluding tert-OH is 1. The second kappa shape index (κ2) is 4.45. The maximum atomic E-state index is 10.5. The van der Waals surface area contributed by atoms with Crippen molar-refractivity contribution in [2.45, 2.75) is 18.9 Å². The highest BCUT2D eigenvalue weighted by molar-refractivity contribution is 5.75. The lowest BCUT2D eigenvalue weighted by Gasteiger charge is -2.31. The van der Waals surface area contributed by atoms with Crippen LogP contribution in [0, 0.1) is 0 Å². The van der Waals surface area contributed by atoms with E-state index in [1.54, 1.807) is 0 Å². The summed E-state index contributed by atoms with van der Waals surface area (Å²) in [6, 6.07) is 7.48. The van der Waals surface area contributed by atoms with Gasteiger partial charge in [-0.1, -0.05) is 0 Å². The van der Waals surface area contributed by atoms with Gasteiger partial charge < -0.3 is 10.0 Å². The number of β-amino-alcohol motifs (C(OH)–C–C–N with tert-alkyl or cyclic N) is 1. The Morgan fingerprint density at radius 1 is 1.33 bits per heavy atom. The third-order valence-corrected chi connectivity index (χ3v) is 2.79. The van der Waals surface area contributed by atoms with Crippen molar-refractivity contribution in [2.24, 2.45) is 0 Å². The highest BCUT2D eigenvalue weighted by atomic mass is 16.3. The summed E-state index contributed by atoms with van der Waals surface area (Å²) in [4.78, 5) is 12.6. The molecule has 1 fully saturated rings. The largest absolute Gasteiger partial charge is 0.391 e. The first kappa shape index (κ1) is 10.2. The summed E-state index contributed by atoms with van der Waals surface area (Å²) in [6.45, 7) is 1.68. The summed E-state index contributed by atoms with van der Waals surface area (Å²) < 4.78 is 0. The van der Waals surface area contributed by atoms with Gasteiger partial charge in [0.2, 0.25) is 0 Å². The maximum absolute atomic E-state index is 10.5. The number of nitrogens with zero attached hydrogens (tertiary/aromatic N) is 1. The van der Waals surface area contributed by atoms with Crippen LogP contribution in [0.4, 0.5) is 5.69 Å². The van der Waals surface area contributed by atoms with Crippen LogP contribution in [0.1, 0.15) is 23.2 Å².